The van der Waals surface area contributed by atoms with E-state index in [9.17, 15) is 8.42 Å². The predicted octanol–water partition coefficient (Wildman–Crippen LogP) is 1.69. The minimum Gasteiger partial charge on any atom is -0.489 e. The van der Waals surface area contributed by atoms with E-state index in [-0.39, 0.29) is 6.10 Å². The van der Waals surface area contributed by atoms with E-state index in [1.165, 1.54) is 6.26 Å². The molecule has 0 spiro atoms. The molecule has 0 aliphatic carbocycles. The molecule has 108 valence electrons. The molecule has 1 rings (SSSR count). The largest absolute Gasteiger partial charge is 0.489 e. The zero-order valence-electron chi connectivity index (χ0n) is 12.0. The van der Waals surface area contributed by atoms with E-state index in [4.69, 9.17) is 10.5 Å². The van der Waals surface area contributed by atoms with Crippen molar-refractivity contribution in [2.24, 2.45) is 5.73 Å². The Morgan fingerprint density at radius 3 is 2.37 bits per heavy atom. The first-order valence-corrected chi connectivity index (χ1v) is 8.01. The minimum absolute atomic E-state index is 0.0243. The number of sulfone groups is 1. The van der Waals surface area contributed by atoms with Gasteiger partial charge in [-0.2, -0.15) is 0 Å². The molecule has 19 heavy (non-hydrogen) atoms. The second-order valence-electron chi connectivity index (χ2n) is 5.47. The van der Waals surface area contributed by atoms with E-state index >= 15 is 0 Å². The van der Waals surface area contributed by atoms with Crippen molar-refractivity contribution in [3.05, 3.63) is 24.0 Å². The molecule has 0 radical (unpaired) electrons. The van der Waals surface area contributed by atoms with Gasteiger partial charge in [0.2, 0.25) is 0 Å². The normalized spacial score (nSPS) is 14.5. The Balaban J connectivity index is 3.10. The molecule has 1 aromatic rings. The van der Waals surface area contributed by atoms with Gasteiger partial charge in [0.05, 0.1) is 23.1 Å². The molecule has 0 aliphatic heterocycles. The molecule has 0 fully saturated rings. The summed E-state index contributed by atoms with van der Waals surface area (Å²) in [5.41, 5.74) is 6.73. The summed E-state index contributed by atoms with van der Waals surface area (Å²) in [6.07, 6.45) is 4.37. The van der Waals surface area contributed by atoms with Crippen LogP contribution in [0.3, 0.4) is 0 Å². The van der Waals surface area contributed by atoms with Gasteiger partial charge in [0.15, 0.2) is 9.84 Å². The van der Waals surface area contributed by atoms with Crippen LogP contribution >= 0.6 is 0 Å². The van der Waals surface area contributed by atoms with Gasteiger partial charge in [-0.1, -0.05) is 0 Å². The second kappa shape index (κ2) is 5.46. The lowest BCUT2D eigenvalue weighted by atomic mass is 9.97. The van der Waals surface area contributed by atoms with Crippen molar-refractivity contribution >= 4 is 9.84 Å². The SMILES string of the molecule is CC(C)Oc1cncc(C(N)C(C)(C)S(C)(=O)=O)c1. The smallest absolute Gasteiger partial charge is 0.154 e. The van der Waals surface area contributed by atoms with Crippen molar-refractivity contribution in [1.29, 1.82) is 0 Å². The van der Waals surface area contributed by atoms with Crippen LogP contribution in [0, 0.1) is 0 Å². The van der Waals surface area contributed by atoms with Gasteiger partial charge in [0, 0.05) is 12.5 Å². The lowest BCUT2D eigenvalue weighted by Gasteiger charge is -2.29. The monoisotopic (exact) mass is 286 g/mol. The maximum atomic E-state index is 11.8. The topological polar surface area (TPSA) is 82.3 Å². The van der Waals surface area contributed by atoms with Crippen LogP contribution in [0.2, 0.25) is 0 Å². The fourth-order valence-corrected chi connectivity index (χ4v) is 2.17. The molecule has 6 heteroatoms. The Kier molecular flexibility index (Phi) is 4.58. The fourth-order valence-electron chi connectivity index (χ4n) is 1.57. The van der Waals surface area contributed by atoms with Gasteiger partial charge in [-0.05, 0) is 39.3 Å². The molecule has 1 atom stereocenters. The van der Waals surface area contributed by atoms with Crippen molar-refractivity contribution in [1.82, 2.24) is 4.98 Å². The maximum absolute atomic E-state index is 11.8. The summed E-state index contributed by atoms with van der Waals surface area (Å²) in [7, 11) is -3.28. The van der Waals surface area contributed by atoms with E-state index in [2.05, 4.69) is 4.98 Å². The number of ether oxygens (including phenoxy) is 1. The van der Waals surface area contributed by atoms with E-state index in [0.29, 0.717) is 11.3 Å². The highest BCUT2D eigenvalue weighted by Gasteiger charge is 2.38. The Hall–Kier alpha value is -1.14. The van der Waals surface area contributed by atoms with Crippen molar-refractivity contribution in [3.63, 3.8) is 0 Å². The van der Waals surface area contributed by atoms with Gasteiger partial charge in [-0.15, -0.1) is 0 Å². The molecule has 1 heterocycles. The van der Waals surface area contributed by atoms with Crippen LogP contribution in [0.5, 0.6) is 5.75 Å². The van der Waals surface area contributed by atoms with Crippen LogP contribution in [-0.4, -0.2) is 30.5 Å². The Labute approximate surface area is 115 Å². The third kappa shape index (κ3) is 3.67. The van der Waals surface area contributed by atoms with Gasteiger partial charge in [-0.25, -0.2) is 8.42 Å². The van der Waals surface area contributed by atoms with Crippen molar-refractivity contribution in [2.75, 3.05) is 6.26 Å². The zero-order chi connectivity index (χ0) is 14.8. The quantitative estimate of drug-likeness (QED) is 0.890. The lowest BCUT2D eigenvalue weighted by molar-refractivity contribution is 0.241. The van der Waals surface area contributed by atoms with Crippen LogP contribution < -0.4 is 10.5 Å². The molecular formula is C13H22N2O3S. The number of hydrogen-bond donors (Lipinski definition) is 1. The van der Waals surface area contributed by atoms with Crippen LogP contribution in [0.25, 0.3) is 0 Å². The number of hydrogen-bond acceptors (Lipinski definition) is 5. The number of nitrogens with zero attached hydrogens (tertiary/aromatic N) is 1. The zero-order valence-corrected chi connectivity index (χ0v) is 12.9. The first-order valence-electron chi connectivity index (χ1n) is 6.12. The summed E-state index contributed by atoms with van der Waals surface area (Å²) in [4.78, 5) is 4.05. The molecule has 0 bridgehead atoms. The standard InChI is InChI=1S/C13H22N2O3S/c1-9(2)18-11-6-10(7-15-8-11)12(14)13(3,4)19(5,16)17/h6-9,12H,14H2,1-5H3. The number of rotatable bonds is 5. The highest BCUT2D eigenvalue weighted by Crippen LogP contribution is 2.31. The average Bonchev–Trinajstić information content (AvgIpc) is 2.25. The molecule has 1 unspecified atom stereocenters. The summed E-state index contributed by atoms with van der Waals surface area (Å²) < 4.78 is 28.1. The highest BCUT2D eigenvalue weighted by molar-refractivity contribution is 7.92. The Bertz CT molecular complexity index is 539. The molecule has 1 aromatic heterocycles. The molecule has 0 saturated carbocycles. The van der Waals surface area contributed by atoms with E-state index < -0.39 is 20.6 Å². The summed E-state index contributed by atoms with van der Waals surface area (Å²) >= 11 is 0. The van der Waals surface area contributed by atoms with Gasteiger partial charge in [0.1, 0.15) is 5.75 Å². The van der Waals surface area contributed by atoms with Gasteiger partial charge in [-0.3, -0.25) is 4.98 Å². The molecule has 0 aliphatic rings. The summed E-state index contributed by atoms with van der Waals surface area (Å²) in [5.74, 6) is 0.590. The highest BCUT2D eigenvalue weighted by atomic mass is 32.2. The van der Waals surface area contributed by atoms with Crippen LogP contribution in [0.15, 0.2) is 18.5 Å². The van der Waals surface area contributed by atoms with Crippen molar-refractivity contribution in [3.8, 4) is 5.75 Å². The van der Waals surface area contributed by atoms with E-state index in [0.717, 1.165) is 0 Å². The molecule has 0 saturated heterocycles. The third-order valence-electron chi connectivity index (χ3n) is 3.17. The lowest BCUT2D eigenvalue weighted by Crippen LogP contribution is -2.42. The summed E-state index contributed by atoms with van der Waals surface area (Å²) in [6.45, 7) is 7.05. The van der Waals surface area contributed by atoms with E-state index in [1.54, 1.807) is 32.3 Å². The molecule has 0 amide bonds. The van der Waals surface area contributed by atoms with Crippen LogP contribution in [-0.2, 0) is 9.84 Å². The number of nitrogens with two attached hydrogens (primary N) is 1. The number of pyridine rings is 1. The molecular weight excluding hydrogens is 264 g/mol. The summed E-state index contributed by atoms with van der Waals surface area (Å²) in [5, 5.41) is 0. The fraction of sp³-hybridized carbons (Fsp3) is 0.615. The van der Waals surface area contributed by atoms with Crippen LogP contribution in [0.4, 0.5) is 0 Å². The van der Waals surface area contributed by atoms with Gasteiger partial charge < -0.3 is 10.5 Å². The molecule has 2 N–H and O–H groups in total. The van der Waals surface area contributed by atoms with Gasteiger partial charge in [0.25, 0.3) is 0 Å². The Morgan fingerprint density at radius 1 is 1.32 bits per heavy atom. The third-order valence-corrected chi connectivity index (χ3v) is 5.34. The maximum Gasteiger partial charge on any atom is 0.154 e. The first kappa shape index (κ1) is 15.9. The Morgan fingerprint density at radius 2 is 1.89 bits per heavy atom. The first-order chi connectivity index (χ1) is 8.55. The second-order valence-corrected chi connectivity index (χ2v) is 8.07. The van der Waals surface area contributed by atoms with E-state index in [1.807, 2.05) is 13.8 Å². The van der Waals surface area contributed by atoms with Gasteiger partial charge >= 0.3 is 0 Å². The predicted molar refractivity (Wildman–Crippen MR) is 75.9 cm³/mol. The molecule has 5 nitrogen and oxygen atoms in total. The number of aromatic nitrogens is 1. The van der Waals surface area contributed by atoms with Crippen molar-refractivity contribution in [2.45, 2.75) is 44.6 Å². The summed E-state index contributed by atoms with van der Waals surface area (Å²) in [6, 6.07) is 1.08. The average molecular weight is 286 g/mol. The van der Waals surface area contributed by atoms with Crippen molar-refractivity contribution < 1.29 is 13.2 Å². The van der Waals surface area contributed by atoms with Crippen LogP contribution in [0.1, 0.15) is 39.3 Å². The molecule has 0 aromatic carbocycles. The minimum atomic E-state index is -3.28.